The molecular weight excluding hydrogens is 132 g/mol. The quantitative estimate of drug-likeness (QED) is 0.417. The lowest BCUT2D eigenvalue weighted by Gasteiger charge is -1.94. The van der Waals surface area contributed by atoms with Gasteiger partial charge in [0.05, 0.1) is 19.5 Å². The van der Waals surface area contributed by atoms with Crippen LogP contribution in [0.25, 0.3) is 0 Å². The standard InChI is InChI=1S/C7H12O3/c1-8-3-2-4-9-5-7-6-10-7/h2,4,7H,3,5-6H2,1H3. The number of rotatable bonds is 5. The second kappa shape index (κ2) is 4.30. The van der Waals surface area contributed by atoms with Crippen LogP contribution in [0.5, 0.6) is 0 Å². The molecule has 0 amide bonds. The Hall–Kier alpha value is -0.540. The highest BCUT2D eigenvalue weighted by Gasteiger charge is 2.22. The van der Waals surface area contributed by atoms with E-state index < -0.39 is 0 Å². The lowest BCUT2D eigenvalue weighted by Crippen LogP contribution is -1.95. The fraction of sp³-hybridized carbons (Fsp3) is 0.714. The molecule has 0 radical (unpaired) electrons. The fourth-order valence-electron chi connectivity index (χ4n) is 0.531. The maximum absolute atomic E-state index is 5.07. The number of methoxy groups -OCH3 is 1. The van der Waals surface area contributed by atoms with Gasteiger partial charge in [-0.1, -0.05) is 0 Å². The second-order valence-electron chi connectivity index (χ2n) is 2.12. The second-order valence-corrected chi connectivity index (χ2v) is 2.12. The first-order valence-electron chi connectivity index (χ1n) is 3.30. The Labute approximate surface area is 60.6 Å². The molecule has 0 N–H and O–H groups in total. The van der Waals surface area contributed by atoms with E-state index in [0.29, 0.717) is 19.3 Å². The van der Waals surface area contributed by atoms with Crippen LogP contribution >= 0.6 is 0 Å². The van der Waals surface area contributed by atoms with E-state index >= 15 is 0 Å². The monoisotopic (exact) mass is 144 g/mol. The van der Waals surface area contributed by atoms with E-state index in [2.05, 4.69) is 0 Å². The van der Waals surface area contributed by atoms with Crippen LogP contribution in [0.1, 0.15) is 0 Å². The van der Waals surface area contributed by atoms with Gasteiger partial charge in [0.1, 0.15) is 12.7 Å². The molecule has 58 valence electrons. The topological polar surface area (TPSA) is 31.0 Å². The van der Waals surface area contributed by atoms with Crippen molar-refractivity contribution in [3.63, 3.8) is 0 Å². The van der Waals surface area contributed by atoms with Crippen molar-refractivity contribution < 1.29 is 14.2 Å². The Balaban J connectivity index is 1.83. The zero-order valence-electron chi connectivity index (χ0n) is 6.08. The summed E-state index contributed by atoms with van der Waals surface area (Å²) in [5.41, 5.74) is 0. The third-order valence-electron chi connectivity index (χ3n) is 1.14. The van der Waals surface area contributed by atoms with Gasteiger partial charge in [-0.15, -0.1) is 0 Å². The van der Waals surface area contributed by atoms with Crippen molar-refractivity contribution in [1.29, 1.82) is 0 Å². The molecule has 3 heteroatoms. The van der Waals surface area contributed by atoms with E-state index in [-0.39, 0.29) is 0 Å². The van der Waals surface area contributed by atoms with Crippen molar-refractivity contribution in [3.05, 3.63) is 12.3 Å². The number of epoxide rings is 1. The Morgan fingerprint density at radius 2 is 2.50 bits per heavy atom. The molecule has 0 aromatic rings. The van der Waals surface area contributed by atoms with Crippen molar-refractivity contribution in [2.24, 2.45) is 0 Å². The van der Waals surface area contributed by atoms with E-state index in [0.717, 1.165) is 6.61 Å². The van der Waals surface area contributed by atoms with Crippen LogP contribution in [0.3, 0.4) is 0 Å². The van der Waals surface area contributed by atoms with Gasteiger partial charge in [-0.05, 0) is 6.08 Å². The predicted molar refractivity (Wildman–Crippen MR) is 36.7 cm³/mol. The Morgan fingerprint density at radius 1 is 1.70 bits per heavy atom. The molecule has 1 rings (SSSR count). The first-order valence-corrected chi connectivity index (χ1v) is 3.30. The Morgan fingerprint density at radius 3 is 3.10 bits per heavy atom. The summed E-state index contributed by atoms with van der Waals surface area (Å²) in [6, 6.07) is 0. The highest BCUT2D eigenvalue weighted by Crippen LogP contribution is 2.08. The average molecular weight is 144 g/mol. The minimum Gasteiger partial charge on any atom is -0.499 e. The minimum absolute atomic E-state index is 0.340. The molecule has 0 aromatic carbocycles. The molecule has 1 fully saturated rings. The van der Waals surface area contributed by atoms with Gasteiger partial charge in [0, 0.05) is 7.11 Å². The minimum atomic E-state index is 0.340. The molecule has 0 spiro atoms. The molecule has 0 bridgehead atoms. The maximum Gasteiger partial charge on any atom is 0.116 e. The van der Waals surface area contributed by atoms with Crippen LogP contribution in [-0.2, 0) is 14.2 Å². The third-order valence-corrected chi connectivity index (χ3v) is 1.14. The molecular formula is C7H12O3. The summed E-state index contributed by atoms with van der Waals surface area (Å²) in [4.78, 5) is 0. The highest BCUT2D eigenvalue weighted by atomic mass is 16.6. The van der Waals surface area contributed by atoms with Gasteiger partial charge in [0.25, 0.3) is 0 Å². The summed E-state index contributed by atoms with van der Waals surface area (Å²) in [7, 11) is 1.65. The molecule has 0 aliphatic carbocycles. The van der Waals surface area contributed by atoms with Crippen molar-refractivity contribution in [2.75, 3.05) is 26.9 Å². The van der Waals surface area contributed by atoms with Gasteiger partial charge < -0.3 is 14.2 Å². The van der Waals surface area contributed by atoms with Crippen molar-refractivity contribution in [2.45, 2.75) is 6.10 Å². The Bertz CT molecular complexity index is 107. The van der Waals surface area contributed by atoms with Crippen molar-refractivity contribution in [1.82, 2.24) is 0 Å². The summed E-state index contributed by atoms with van der Waals surface area (Å²) in [5.74, 6) is 0. The SMILES string of the molecule is COCC=COCC1CO1. The smallest absolute Gasteiger partial charge is 0.116 e. The third kappa shape index (κ3) is 3.48. The summed E-state index contributed by atoms with van der Waals surface area (Å²) >= 11 is 0. The van der Waals surface area contributed by atoms with Crippen LogP contribution < -0.4 is 0 Å². The molecule has 1 saturated heterocycles. The van der Waals surface area contributed by atoms with Crippen LogP contribution in [0, 0.1) is 0 Å². The first kappa shape index (κ1) is 7.57. The summed E-state index contributed by atoms with van der Waals surface area (Å²) < 4.78 is 14.8. The van der Waals surface area contributed by atoms with Crippen LogP contribution in [0.4, 0.5) is 0 Å². The molecule has 0 saturated carbocycles. The molecule has 0 aromatic heterocycles. The van der Waals surface area contributed by atoms with Crippen molar-refractivity contribution >= 4 is 0 Å². The lowest BCUT2D eigenvalue weighted by molar-refractivity contribution is 0.201. The molecule has 10 heavy (non-hydrogen) atoms. The normalized spacial score (nSPS) is 23.5. The first-order chi connectivity index (χ1) is 4.93. The summed E-state index contributed by atoms with van der Waals surface area (Å²) in [5, 5.41) is 0. The Kier molecular flexibility index (Phi) is 3.26. The molecule has 1 aliphatic heterocycles. The van der Waals surface area contributed by atoms with Gasteiger partial charge in [-0.3, -0.25) is 0 Å². The zero-order chi connectivity index (χ0) is 7.23. The molecule has 3 nitrogen and oxygen atoms in total. The number of hydrogen-bond donors (Lipinski definition) is 0. The predicted octanol–water partition coefficient (Wildman–Crippen LogP) is 0.562. The van der Waals surface area contributed by atoms with Gasteiger partial charge in [0.15, 0.2) is 0 Å². The highest BCUT2D eigenvalue weighted by molar-refractivity contribution is 4.75. The fourth-order valence-corrected chi connectivity index (χ4v) is 0.531. The number of hydrogen-bond acceptors (Lipinski definition) is 3. The molecule has 1 unspecified atom stereocenters. The average Bonchev–Trinajstić information content (AvgIpc) is 2.71. The van der Waals surface area contributed by atoms with Gasteiger partial charge >= 0.3 is 0 Å². The molecule has 1 heterocycles. The molecule has 1 aliphatic rings. The lowest BCUT2D eigenvalue weighted by atomic mass is 10.5. The summed E-state index contributed by atoms with van der Waals surface area (Å²) in [6.45, 7) is 2.11. The van der Waals surface area contributed by atoms with Gasteiger partial charge in [-0.25, -0.2) is 0 Å². The van der Waals surface area contributed by atoms with E-state index in [4.69, 9.17) is 14.2 Å². The largest absolute Gasteiger partial charge is 0.499 e. The van der Waals surface area contributed by atoms with Gasteiger partial charge in [-0.2, -0.15) is 0 Å². The van der Waals surface area contributed by atoms with Gasteiger partial charge in [0.2, 0.25) is 0 Å². The molecule has 1 atom stereocenters. The van der Waals surface area contributed by atoms with E-state index in [1.807, 2.05) is 6.08 Å². The van der Waals surface area contributed by atoms with E-state index in [9.17, 15) is 0 Å². The summed E-state index contributed by atoms with van der Waals surface area (Å²) in [6.07, 6.45) is 3.81. The zero-order valence-corrected chi connectivity index (χ0v) is 6.08. The van der Waals surface area contributed by atoms with Crippen molar-refractivity contribution in [3.8, 4) is 0 Å². The number of ether oxygens (including phenoxy) is 3. The van der Waals surface area contributed by atoms with E-state index in [1.165, 1.54) is 0 Å². The van der Waals surface area contributed by atoms with Crippen LogP contribution in [0.15, 0.2) is 12.3 Å². The maximum atomic E-state index is 5.07. The van der Waals surface area contributed by atoms with Crippen LogP contribution in [0.2, 0.25) is 0 Å². The van der Waals surface area contributed by atoms with Crippen LogP contribution in [-0.4, -0.2) is 33.0 Å². The van der Waals surface area contributed by atoms with E-state index in [1.54, 1.807) is 13.4 Å².